The van der Waals surface area contributed by atoms with Crippen LogP contribution in [0.2, 0.25) is 0 Å². The molecule has 0 unspecified atom stereocenters. The number of carbonyl (C=O) groups excluding carboxylic acids is 1. The van der Waals surface area contributed by atoms with Gasteiger partial charge in [0.15, 0.2) is 0 Å². The third-order valence-corrected chi connectivity index (χ3v) is 5.98. The summed E-state index contributed by atoms with van der Waals surface area (Å²) in [5, 5.41) is 4.07. The van der Waals surface area contributed by atoms with Crippen molar-refractivity contribution in [3.8, 4) is 0 Å². The lowest BCUT2D eigenvalue weighted by Gasteiger charge is -2.20. The second-order valence-electron chi connectivity index (χ2n) is 5.41. The molecule has 0 N–H and O–H groups in total. The summed E-state index contributed by atoms with van der Waals surface area (Å²) in [6, 6.07) is 0. The monoisotopic (exact) mass is 298 g/mol. The van der Waals surface area contributed by atoms with Crippen LogP contribution in [0.4, 0.5) is 5.69 Å². The van der Waals surface area contributed by atoms with Crippen LogP contribution in [0.3, 0.4) is 0 Å². The smallest absolute Gasteiger partial charge is 0.231 e. The Morgan fingerprint density at radius 2 is 2.10 bits per heavy atom. The number of rotatable bonds is 3. The van der Waals surface area contributed by atoms with E-state index in [0.29, 0.717) is 19.6 Å². The molecule has 0 bridgehead atoms. The van der Waals surface area contributed by atoms with E-state index in [1.807, 2.05) is 0 Å². The zero-order valence-electron chi connectivity index (χ0n) is 11.6. The van der Waals surface area contributed by atoms with Gasteiger partial charge < -0.3 is 4.90 Å². The van der Waals surface area contributed by atoms with Crippen molar-refractivity contribution >= 4 is 21.6 Å². The molecule has 3 heterocycles. The number of sulfonamides is 1. The molecule has 0 aliphatic carbocycles. The molecule has 3 rings (SSSR count). The highest BCUT2D eigenvalue weighted by molar-refractivity contribution is 7.89. The van der Waals surface area contributed by atoms with Gasteiger partial charge in [0, 0.05) is 38.8 Å². The van der Waals surface area contributed by atoms with Crippen LogP contribution in [0, 0.1) is 11.8 Å². The SMILES string of the molecule is CCS(=O)(=O)N1C[C@H]2CN(c3cnn(C)c3)C(=O)[C@H]2C1. The third-order valence-electron chi connectivity index (χ3n) is 4.17. The van der Waals surface area contributed by atoms with Gasteiger partial charge in [0.05, 0.1) is 23.6 Å². The summed E-state index contributed by atoms with van der Waals surface area (Å²) in [4.78, 5) is 14.1. The molecule has 2 aliphatic heterocycles. The maximum Gasteiger partial charge on any atom is 0.231 e. The summed E-state index contributed by atoms with van der Waals surface area (Å²) in [6.45, 7) is 2.97. The van der Waals surface area contributed by atoms with Crippen molar-refractivity contribution in [1.29, 1.82) is 0 Å². The second kappa shape index (κ2) is 4.56. The lowest BCUT2D eigenvalue weighted by molar-refractivity contribution is -0.120. The molecule has 1 aromatic rings. The number of hydrogen-bond acceptors (Lipinski definition) is 4. The van der Waals surface area contributed by atoms with Crippen molar-refractivity contribution in [3.63, 3.8) is 0 Å². The first kappa shape index (κ1) is 13.6. The minimum absolute atomic E-state index is 0.0109. The number of aromatic nitrogens is 2. The minimum Gasteiger partial charge on any atom is -0.309 e. The standard InChI is InChI=1S/C12H18N4O3S/c1-3-20(18,19)15-5-9-6-16(12(17)11(9)8-15)10-4-13-14(2)7-10/h4,7,9,11H,3,5-6,8H2,1-2H3/t9-,11-/m0/s1. The van der Waals surface area contributed by atoms with E-state index < -0.39 is 10.0 Å². The summed E-state index contributed by atoms with van der Waals surface area (Å²) in [5.41, 5.74) is 0.789. The number of aryl methyl sites for hydroxylation is 1. The first-order valence-electron chi connectivity index (χ1n) is 6.70. The van der Waals surface area contributed by atoms with Crippen LogP contribution in [0.1, 0.15) is 6.92 Å². The maximum absolute atomic E-state index is 12.4. The summed E-state index contributed by atoms with van der Waals surface area (Å²) < 4.78 is 26.9. The van der Waals surface area contributed by atoms with Gasteiger partial charge in [0.25, 0.3) is 0 Å². The molecule has 0 saturated carbocycles. The summed E-state index contributed by atoms with van der Waals surface area (Å²) in [7, 11) is -1.39. The van der Waals surface area contributed by atoms with E-state index in [1.54, 1.807) is 35.9 Å². The highest BCUT2D eigenvalue weighted by Gasteiger charge is 2.49. The molecule has 0 radical (unpaired) electrons. The molecular weight excluding hydrogens is 280 g/mol. The lowest BCUT2D eigenvalue weighted by Crippen LogP contribution is -2.36. The van der Waals surface area contributed by atoms with Crippen molar-refractivity contribution in [3.05, 3.63) is 12.4 Å². The lowest BCUT2D eigenvalue weighted by atomic mass is 10.0. The van der Waals surface area contributed by atoms with Gasteiger partial charge in [-0.15, -0.1) is 0 Å². The first-order chi connectivity index (χ1) is 9.42. The average molecular weight is 298 g/mol. The topological polar surface area (TPSA) is 75.5 Å². The number of anilines is 1. The molecule has 2 aliphatic rings. The van der Waals surface area contributed by atoms with Gasteiger partial charge in [0.2, 0.25) is 15.9 Å². The molecule has 20 heavy (non-hydrogen) atoms. The zero-order chi connectivity index (χ0) is 14.5. The number of hydrogen-bond donors (Lipinski definition) is 0. The summed E-state index contributed by atoms with van der Waals surface area (Å²) >= 11 is 0. The number of nitrogens with zero attached hydrogens (tertiary/aromatic N) is 4. The fraction of sp³-hybridized carbons (Fsp3) is 0.667. The predicted molar refractivity (Wildman–Crippen MR) is 73.6 cm³/mol. The molecular formula is C12H18N4O3S. The molecule has 2 fully saturated rings. The number of amides is 1. The van der Waals surface area contributed by atoms with Crippen LogP contribution in [0.15, 0.2) is 12.4 Å². The van der Waals surface area contributed by atoms with E-state index in [9.17, 15) is 13.2 Å². The van der Waals surface area contributed by atoms with E-state index in [4.69, 9.17) is 0 Å². The van der Waals surface area contributed by atoms with Crippen molar-refractivity contribution in [2.24, 2.45) is 18.9 Å². The van der Waals surface area contributed by atoms with E-state index in [-0.39, 0.29) is 23.5 Å². The Bertz CT molecular complexity index is 639. The molecule has 2 saturated heterocycles. The van der Waals surface area contributed by atoms with Crippen LogP contribution in [-0.4, -0.2) is 53.8 Å². The fourth-order valence-corrected chi connectivity index (χ4v) is 4.18. The van der Waals surface area contributed by atoms with Crippen LogP contribution in [0.5, 0.6) is 0 Å². The quantitative estimate of drug-likeness (QED) is 0.765. The Balaban J connectivity index is 1.77. The Morgan fingerprint density at radius 1 is 1.35 bits per heavy atom. The Morgan fingerprint density at radius 3 is 2.65 bits per heavy atom. The molecule has 1 aromatic heterocycles. The summed E-state index contributed by atoms with van der Waals surface area (Å²) in [6.07, 6.45) is 3.47. The van der Waals surface area contributed by atoms with Crippen LogP contribution < -0.4 is 4.90 Å². The van der Waals surface area contributed by atoms with Crippen molar-refractivity contribution in [2.45, 2.75) is 6.92 Å². The largest absolute Gasteiger partial charge is 0.309 e. The van der Waals surface area contributed by atoms with Crippen LogP contribution in [-0.2, 0) is 21.9 Å². The van der Waals surface area contributed by atoms with Gasteiger partial charge in [-0.1, -0.05) is 0 Å². The Labute approximate surface area is 118 Å². The van der Waals surface area contributed by atoms with Gasteiger partial charge in [0.1, 0.15) is 0 Å². The first-order valence-corrected chi connectivity index (χ1v) is 8.31. The van der Waals surface area contributed by atoms with Crippen LogP contribution >= 0.6 is 0 Å². The van der Waals surface area contributed by atoms with Gasteiger partial charge in [-0.25, -0.2) is 12.7 Å². The van der Waals surface area contributed by atoms with Crippen molar-refractivity contribution in [1.82, 2.24) is 14.1 Å². The maximum atomic E-state index is 12.4. The van der Waals surface area contributed by atoms with E-state index >= 15 is 0 Å². The van der Waals surface area contributed by atoms with Crippen molar-refractivity contribution < 1.29 is 13.2 Å². The zero-order valence-corrected chi connectivity index (χ0v) is 12.4. The second-order valence-corrected chi connectivity index (χ2v) is 7.66. The molecule has 0 aromatic carbocycles. The Kier molecular flexibility index (Phi) is 3.09. The summed E-state index contributed by atoms with van der Waals surface area (Å²) in [5.74, 6) is -0.0233. The highest BCUT2D eigenvalue weighted by atomic mass is 32.2. The van der Waals surface area contributed by atoms with E-state index in [1.165, 1.54) is 4.31 Å². The third kappa shape index (κ3) is 2.03. The normalized spacial score (nSPS) is 27.3. The molecule has 1 amide bonds. The highest BCUT2D eigenvalue weighted by Crippen LogP contribution is 2.35. The molecule has 8 heteroatoms. The van der Waals surface area contributed by atoms with Gasteiger partial charge in [-0.2, -0.15) is 5.10 Å². The molecule has 7 nitrogen and oxygen atoms in total. The van der Waals surface area contributed by atoms with Gasteiger partial charge in [-0.05, 0) is 6.92 Å². The van der Waals surface area contributed by atoms with Gasteiger partial charge in [-0.3, -0.25) is 9.48 Å². The van der Waals surface area contributed by atoms with E-state index in [0.717, 1.165) is 5.69 Å². The predicted octanol–water partition coefficient (Wildman–Crippen LogP) is -0.336. The van der Waals surface area contributed by atoms with Gasteiger partial charge >= 0.3 is 0 Å². The van der Waals surface area contributed by atoms with E-state index in [2.05, 4.69) is 5.10 Å². The molecule has 2 atom stereocenters. The number of fused-ring (bicyclic) bond motifs is 1. The number of carbonyl (C=O) groups is 1. The molecule has 110 valence electrons. The minimum atomic E-state index is -3.20. The molecule has 0 spiro atoms. The average Bonchev–Trinajstić information content (AvgIpc) is 3.06. The Hall–Kier alpha value is -1.41. The van der Waals surface area contributed by atoms with Crippen molar-refractivity contribution in [2.75, 3.05) is 30.3 Å². The van der Waals surface area contributed by atoms with Crippen LogP contribution in [0.25, 0.3) is 0 Å². The fourth-order valence-electron chi connectivity index (χ4n) is 3.01.